The van der Waals surface area contributed by atoms with Crippen molar-refractivity contribution in [2.75, 3.05) is 13.7 Å². The average molecular weight is 326 g/mol. The van der Waals surface area contributed by atoms with E-state index in [4.69, 9.17) is 13.7 Å². The molecule has 0 aliphatic heterocycles. The third-order valence-electron chi connectivity index (χ3n) is 3.56. The predicted octanol–water partition coefficient (Wildman–Crippen LogP) is 2.84. The van der Waals surface area contributed by atoms with Crippen LogP contribution in [-0.2, 0) is 17.6 Å². The summed E-state index contributed by atoms with van der Waals surface area (Å²) < 4.78 is 15.5. The third-order valence-corrected chi connectivity index (χ3v) is 3.56. The van der Waals surface area contributed by atoms with Crippen molar-refractivity contribution in [1.82, 2.24) is 10.5 Å². The van der Waals surface area contributed by atoms with Crippen LogP contribution in [0.3, 0.4) is 0 Å². The second-order valence-corrected chi connectivity index (χ2v) is 5.28. The predicted molar refractivity (Wildman–Crippen MR) is 87.6 cm³/mol. The van der Waals surface area contributed by atoms with E-state index in [2.05, 4.69) is 10.5 Å². The smallest absolute Gasteiger partial charge is 0.226 e. The van der Waals surface area contributed by atoms with Gasteiger partial charge in [0.25, 0.3) is 0 Å². The van der Waals surface area contributed by atoms with Crippen molar-refractivity contribution in [1.29, 1.82) is 0 Å². The van der Waals surface area contributed by atoms with Crippen LogP contribution in [0.2, 0.25) is 0 Å². The van der Waals surface area contributed by atoms with E-state index >= 15 is 0 Å². The zero-order chi connectivity index (χ0) is 16.8. The van der Waals surface area contributed by atoms with Crippen LogP contribution in [-0.4, -0.2) is 24.7 Å². The number of aromatic nitrogens is 1. The lowest BCUT2D eigenvalue weighted by molar-refractivity contribution is -0.120. The summed E-state index contributed by atoms with van der Waals surface area (Å²) in [6.07, 6.45) is 2.49. The summed E-state index contributed by atoms with van der Waals surface area (Å²) in [5.74, 6) is 1.83. The number of carbonyl (C=O) groups excluding carboxylic acids is 1. The van der Waals surface area contributed by atoms with Gasteiger partial charge in [0.1, 0.15) is 5.75 Å². The number of furan rings is 1. The number of benzene rings is 1. The van der Waals surface area contributed by atoms with Gasteiger partial charge in [-0.25, -0.2) is 0 Å². The molecule has 0 atom stereocenters. The lowest BCUT2D eigenvalue weighted by Crippen LogP contribution is -2.27. The first-order chi connectivity index (χ1) is 11.7. The van der Waals surface area contributed by atoms with Crippen LogP contribution in [0.1, 0.15) is 11.3 Å². The van der Waals surface area contributed by atoms with Crippen LogP contribution < -0.4 is 10.1 Å². The fraction of sp³-hybridized carbons (Fsp3) is 0.222. The average Bonchev–Trinajstić information content (AvgIpc) is 3.27. The number of hydrogen-bond acceptors (Lipinski definition) is 5. The van der Waals surface area contributed by atoms with Crippen LogP contribution >= 0.6 is 0 Å². The quantitative estimate of drug-likeness (QED) is 0.722. The van der Waals surface area contributed by atoms with Crippen molar-refractivity contribution >= 4 is 5.91 Å². The molecule has 0 saturated carbocycles. The van der Waals surface area contributed by atoms with E-state index < -0.39 is 0 Å². The zero-order valence-electron chi connectivity index (χ0n) is 13.3. The Hall–Kier alpha value is -3.02. The summed E-state index contributed by atoms with van der Waals surface area (Å²) in [4.78, 5) is 12.0. The molecular formula is C18H18N2O4. The monoisotopic (exact) mass is 326 g/mol. The molecule has 2 aromatic heterocycles. The van der Waals surface area contributed by atoms with Gasteiger partial charge in [0.05, 0.1) is 25.5 Å². The molecule has 6 heteroatoms. The molecule has 1 aromatic carbocycles. The van der Waals surface area contributed by atoms with Crippen LogP contribution in [0.5, 0.6) is 5.75 Å². The minimum Gasteiger partial charge on any atom is -0.497 e. The molecule has 0 radical (unpaired) electrons. The van der Waals surface area contributed by atoms with Gasteiger partial charge in [-0.3, -0.25) is 4.79 Å². The normalized spacial score (nSPS) is 10.5. The molecule has 0 saturated heterocycles. The van der Waals surface area contributed by atoms with Gasteiger partial charge in [-0.1, -0.05) is 17.3 Å². The maximum Gasteiger partial charge on any atom is 0.226 e. The van der Waals surface area contributed by atoms with Gasteiger partial charge in [-0.2, -0.15) is 0 Å². The molecule has 0 aliphatic carbocycles. The molecule has 0 bridgehead atoms. The molecule has 3 aromatic rings. The Kier molecular flexibility index (Phi) is 4.96. The summed E-state index contributed by atoms with van der Waals surface area (Å²) in [6, 6.07) is 13.0. The topological polar surface area (TPSA) is 77.5 Å². The molecule has 1 amide bonds. The summed E-state index contributed by atoms with van der Waals surface area (Å²) >= 11 is 0. The van der Waals surface area contributed by atoms with Gasteiger partial charge >= 0.3 is 0 Å². The van der Waals surface area contributed by atoms with E-state index in [-0.39, 0.29) is 12.3 Å². The SMILES string of the molecule is COc1ccc(CCNC(=O)Cc2cc(-c3ccco3)on2)cc1. The van der Waals surface area contributed by atoms with Crippen molar-refractivity contribution < 1.29 is 18.5 Å². The number of nitrogens with zero attached hydrogens (tertiary/aromatic N) is 1. The Bertz CT molecular complexity index is 776. The number of ether oxygens (including phenoxy) is 1. The standard InChI is InChI=1S/C18H18N2O4/c1-22-15-6-4-13(5-7-15)8-9-19-18(21)12-14-11-17(24-20-14)16-3-2-10-23-16/h2-7,10-11H,8-9,12H2,1H3,(H,19,21). The first-order valence-electron chi connectivity index (χ1n) is 7.63. The molecule has 0 aliphatic rings. The minimum absolute atomic E-state index is 0.0946. The maximum absolute atomic E-state index is 12.0. The first-order valence-corrected chi connectivity index (χ1v) is 7.63. The number of rotatable bonds is 7. The van der Waals surface area contributed by atoms with E-state index in [0.717, 1.165) is 17.7 Å². The number of carbonyl (C=O) groups is 1. The maximum atomic E-state index is 12.0. The Morgan fingerprint density at radius 3 is 2.75 bits per heavy atom. The van der Waals surface area contributed by atoms with Gasteiger partial charge in [-0.15, -0.1) is 0 Å². The fourth-order valence-corrected chi connectivity index (χ4v) is 2.30. The largest absolute Gasteiger partial charge is 0.497 e. The van der Waals surface area contributed by atoms with Crippen LogP contribution in [0, 0.1) is 0 Å². The summed E-state index contributed by atoms with van der Waals surface area (Å²) in [5.41, 5.74) is 1.71. The number of methoxy groups -OCH3 is 1. The number of amides is 1. The molecule has 6 nitrogen and oxygen atoms in total. The van der Waals surface area contributed by atoms with Crippen LogP contribution in [0.25, 0.3) is 11.5 Å². The lowest BCUT2D eigenvalue weighted by Gasteiger charge is -2.05. The Morgan fingerprint density at radius 1 is 1.21 bits per heavy atom. The van der Waals surface area contributed by atoms with Crippen molar-refractivity contribution in [2.24, 2.45) is 0 Å². The van der Waals surface area contributed by atoms with E-state index in [9.17, 15) is 4.79 Å². The van der Waals surface area contributed by atoms with Crippen molar-refractivity contribution in [3.05, 3.63) is 60.0 Å². The van der Waals surface area contributed by atoms with Gasteiger partial charge in [-0.05, 0) is 36.2 Å². The zero-order valence-corrected chi connectivity index (χ0v) is 13.3. The molecule has 124 valence electrons. The highest BCUT2D eigenvalue weighted by atomic mass is 16.5. The molecule has 1 N–H and O–H groups in total. The summed E-state index contributed by atoms with van der Waals surface area (Å²) in [5, 5.41) is 6.76. The van der Waals surface area contributed by atoms with Crippen molar-refractivity contribution in [3.8, 4) is 17.3 Å². The van der Waals surface area contributed by atoms with Crippen molar-refractivity contribution in [3.63, 3.8) is 0 Å². The summed E-state index contributed by atoms with van der Waals surface area (Å²) in [7, 11) is 1.64. The number of hydrogen-bond donors (Lipinski definition) is 1. The Labute approximate surface area is 139 Å². The minimum atomic E-state index is -0.0946. The molecular weight excluding hydrogens is 308 g/mol. The Balaban J connectivity index is 1.45. The lowest BCUT2D eigenvalue weighted by atomic mass is 10.1. The van der Waals surface area contributed by atoms with E-state index in [0.29, 0.717) is 23.8 Å². The molecule has 3 rings (SSSR count). The third kappa shape index (κ3) is 4.04. The van der Waals surface area contributed by atoms with Crippen LogP contribution in [0.4, 0.5) is 0 Å². The molecule has 2 heterocycles. The highest BCUT2D eigenvalue weighted by Gasteiger charge is 2.12. The van der Waals surface area contributed by atoms with E-state index in [1.165, 1.54) is 0 Å². The highest BCUT2D eigenvalue weighted by Crippen LogP contribution is 2.20. The fourth-order valence-electron chi connectivity index (χ4n) is 2.30. The summed E-state index contributed by atoms with van der Waals surface area (Å²) in [6.45, 7) is 0.564. The Morgan fingerprint density at radius 2 is 2.04 bits per heavy atom. The van der Waals surface area contributed by atoms with Crippen LogP contribution in [0.15, 0.2) is 57.7 Å². The van der Waals surface area contributed by atoms with Gasteiger partial charge in [0.2, 0.25) is 11.7 Å². The first kappa shape index (κ1) is 15.9. The van der Waals surface area contributed by atoms with Crippen molar-refractivity contribution in [2.45, 2.75) is 12.8 Å². The molecule has 24 heavy (non-hydrogen) atoms. The van der Waals surface area contributed by atoms with Gasteiger partial charge in [0.15, 0.2) is 5.76 Å². The van der Waals surface area contributed by atoms with E-state index in [1.54, 1.807) is 31.6 Å². The number of nitrogens with one attached hydrogen (secondary N) is 1. The van der Waals surface area contributed by atoms with E-state index in [1.807, 2.05) is 24.3 Å². The second kappa shape index (κ2) is 7.50. The van der Waals surface area contributed by atoms with Gasteiger partial charge < -0.3 is 19.0 Å². The second-order valence-electron chi connectivity index (χ2n) is 5.28. The molecule has 0 spiro atoms. The molecule has 0 unspecified atom stereocenters. The van der Waals surface area contributed by atoms with Gasteiger partial charge in [0, 0.05) is 12.6 Å². The highest BCUT2D eigenvalue weighted by molar-refractivity contribution is 5.78. The molecule has 0 fully saturated rings.